The van der Waals surface area contributed by atoms with Crippen LogP contribution in [0.1, 0.15) is 43.7 Å². The van der Waals surface area contributed by atoms with Gasteiger partial charge in [0.15, 0.2) is 11.6 Å². The van der Waals surface area contributed by atoms with Gasteiger partial charge in [0, 0.05) is 6.04 Å². The number of hydrazine groups is 1. The molecule has 0 radical (unpaired) electrons. The van der Waals surface area contributed by atoms with Gasteiger partial charge in [-0.15, -0.1) is 0 Å². The molecule has 2 saturated carbocycles. The third kappa shape index (κ3) is 2.51. The minimum absolute atomic E-state index is 0.135. The molecule has 1 aromatic carbocycles. The van der Waals surface area contributed by atoms with Crippen molar-refractivity contribution >= 4 is 15.9 Å². The van der Waals surface area contributed by atoms with Crippen LogP contribution in [0, 0.1) is 29.4 Å². The first-order valence-corrected chi connectivity index (χ1v) is 7.99. The fraction of sp³-hybridized carbons (Fsp3) is 0.600. The molecular formula is C15H19BrF2N2. The summed E-state index contributed by atoms with van der Waals surface area (Å²) in [5, 5.41) is 0. The van der Waals surface area contributed by atoms with E-state index < -0.39 is 11.6 Å². The molecule has 2 aliphatic carbocycles. The van der Waals surface area contributed by atoms with Crippen LogP contribution in [0.3, 0.4) is 0 Å². The summed E-state index contributed by atoms with van der Waals surface area (Å²) < 4.78 is 27.0. The van der Waals surface area contributed by atoms with Crippen LogP contribution in [0.5, 0.6) is 0 Å². The van der Waals surface area contributed by atoms with Crippen LogP contribution in [0.2, 0.25) is 0 Å². The third-order valence-corrected chi connectivity index (χ3v) is 5.87. The molecule has 20 heavy (non-hydrogen) atoms. The van der Waals surface area contributed by atoms with E-state index in [1.54, 1.807) is 6.07 Å². The molecule has 4 atom stereocenters. The SMILES string of the molecule is NNC(CC1CC2CCC1C2)c1ccc(F)c(F)c1Br. The minimum atomic E-state index is -0.837. The van der Waals surface area contributed by atoms with Gasteiger partial charge in [-0.3, -0.25) is 11.3 Å². The predicted molar refractivity (Wildman–Crippen MR) is 77.7 cm³/mol. The summed E-state index contributed by atoms with van der Waals surface area (Å²) in [7, 11) is 0. The van der Waals surface area contributed by atoms with Gasteiger partial charge in [0.1, 0.15) is 0 Å². The molecule has 1 aromatic rings. The third-order valence-electron chi connectivity index (χ3n) is 5.06. The topological polar surface area (TPSA) is 38.0 Å². The Labute approximate surface area is 126 Å². The highest BCUT2D eigenvalue weighted by molar-refractivity contribution is 9.10. The number of benzene rings is 1. The molecule has 2 aliphatic rings. The normalized spacial score (nSPS) is 29.9. The molecule has 0 aliphatic heterocycles. The first-order valence-electron chi connectivity index (χ1n) is 7.19. The monoisotopic (exact) mass is 344 g/mol. The maximum Gasteiger partial charge on any atom is 0.173 e. The van der Waals surface area contributed by atoms with Crippen molar-refractivity contribution in [1.82, 2.24) is 5.43 Å². The molecule has 3 rings (SSSR count). The number of hydrogen-bond acceptors (Lipinski definition) is 2. The zero-order valence-corrected chi connectivity index (χ0v) is 12.8. The van der Waals surface area contributed by atoms with Gasteiger partial charge < -0.3 is 0 Å². The zero-order valence-electron chi connectivity index (χ0n) is 11.2. The molecule has 110 valence electrons. The van der Waals surface area contributed by atoms with Gasteiger partial charge in [-0.05, 0) is 71.0 Å². The lowest BCUT2D eigenvalue weighted by Crippen LogP contribution is -2.31. The van der Waals surface area contributed by atoms with Gasteiger partial charge in [0.05, 0.1) is 4.47 Å². The van der Waals surface area contributed by atoms with Crippen LogP contribution in [-0.4, -0.2) is 0 Å². The molecule has 4 unspecified atom stereocenters. The molecule has 5 heteroatoms. The quantitative estimate of drug-likeness (QED) is 0.491. The molecule has 2 fully saturated rings. The van der Waals surface area contributed by atoms with Crippen molar-refractivity contribution in [2.75, 3.05) is 0 Å². The summed E-state index contributed by atoms with van der Waals surface area (Å²) >= 11 is 3.15. The van der Waals surface area contributed by atoms with Crippen LogP contribution < -0.4 is 11.3 Å². The molecule has 0 amide bonds. The molecule has 0 saturated heterocycles. The molecule has 0 heterocycles. The number of nitrogens with one attached hydrogen (secondary N) is 1. The maximum atomic E-state index is 13.7. The lowest BCUT2D eigenvalue weighted by atomic mass is 9.83. The van der Waals surface area contributed by atoms with Gasteiger partial charge in [-0.1, -0.05) is 12.5 Å². The summed E-state index contributed by atoms with van der Waals surface area (Å²) in [6, 6.07) is 2.64. The lowest BCUT2D eigenvalue weighted by Gasteiger charge is -2.27. The maximum absolute atomic E-state index is 13.7. The van der Waals surface area contributed by atoms with Crippen LogP contribution in [0.15, 0.2) is 16.6 Å². The number of halogens is 3. The Bertz CT molecular complexity index is 509. The number of nitrogens with two attached hydrogens (primary N) is 1. The molecule has 0 aromatic heterocycles. The lowest BCUT2D eigenvalue weighted by molar-refractivity contribution is 0.279. The Morgan fingerprint density at radius 3 is 2.70 bits per heavy atom. The number of rotatable bonds is 4. The van der Waals surface area contributed by atoms with E-state index in [4.69, 9.17) is 5.84 Å². The first-order chi connectivity index (χ1) is 9.60. The van der Waals surface area contributed by atoms with Gasteiger partial charge in [0.2, 0.25) is 0 Å². The fourth-order valence-electron chi connectivity index (χ4n) is 4.06. The van der Waals surface area contributed by atoms with Crippen LogP contribution in [0.4, 0.5) is 8.78 Å². The van der Waals surface area contributed by atoms with E-state index in [1.165, 1.54) is 31.7 Å². The van der Waals surface area contributed by atoms with Gasteiger partial charge in [-0.2, -0.15) is 0 Å². The van der Waals surface area contributed by atoms with E-state index in [1.807, 2.05) is 0 Å². The Morgan fingerprint density at radius 2 is 2.10 bits per heavy atom. The molecule has 2 bridgehead atoms. The van der Waals surface area contributed by atoms with Crippen molar-refractivity contribution in [1.29, 1.82) is 0 Å². The molecular weight excluding hydrogens is 326 g/mol. The Morgan fingerprint density at radius 1 is 1.30 bits per heavy atom. The summed E-state index contributed by atoms with van der Waals surface area (Å²) in [6.07, 6.45) is 6.15. The largest absolute Gasteiger partial charge is 0.271 e. The van der Waals surface area contributed by atoms with E-state index >= 15 is 0 Å². The van der Waals surface area contributed by atoms with Crippen LogP contribution >= 0.6 is 15.9 Å². The average molecular weight is 345 g/mol. The van der Waals surface area contributed by atoms with Crippen molar-refractivity contribution in [2.45, 2.75) is 38.1 Å². The van der Waals surface area contributed by atoms with Crippen molar-refractivity contribution in [3.05, 3.63) is 33.8 Å². The first kappa shape index (κ1) is 14.4. The summed E-state index contributed by atoms with van der Waals surface area (Å²) in [5.41, 5.74) is 3.48. The predicted octanol–water partition coefficient (Wildman–Crippen LogP) is 4.06. The van der Waals surface area contributed by atoms with E-state index in [9.17, 15) is 8.78 Å². The van der Waals surface area contributed by atoms with E-state index in [0.717, 1.165) is 18.3 Å². The second-order valence-electron chi connectivity index (χ2n) is 6.15. The number of fused-ring (bicyclic) bond motifs is 2. The van der Waals surface area contributed by atoms with Crippen molar-refractivity contribution in [3.8, 4) is 0 Å². The molecule has 2 nitrogen and oxygen atoms in total. The van der Waals surface area contributed by atoms with Gasteiger partial charge in [-0.25, -0.2) is 8.78 Å². The number of hydrogen-bond donors (Lipinski definition) is 2. The highest BCUT2D eigenvalue weighted by Crippen LogP contribution is 2.51. The standard InChI is InChI=1S/C15H19BrF2N2/c16-14-11(3-4-12(17)15(14)18)13(20-19)7-10-6-8-1-2-9(10)5-8/h3-4,8-10,13,20H,1-2,5-7,19H2. The smallest absolute Gasteiger partial charge is 0.173 e. The Balaban J connectivity index is 1.78. The zero-order chi connectivity index (χ0) is 14.3. The summed E-state index contributed by atoms with van der Waals surface area (Å²) in [5.74, 6) is 6.29. The van der Waals surface area contributed by atoms with E-state index in [2.05, 4.69) is 21.4 Å². The van der Waals surface area contributed by atoms with Gasteiger partial charge >= 0.3 is 0 Å². The summed E-state index contributed by atoms with van der Waals surface area (Å²) in [4.78, 5) is 0. The fourth-order valence-corrected chi connectivity index (χ4v) is 4.66. The highest BCUT2D eigenvalue weighted by Gasteiger charge is 2.40. The molecule has 3 N–H and O–H groups in total. The van der Waals surface area contributed by atoms with Crippen LogP contribution in [0.25, 0.3) is 0 Å². The van der Waals surface area contributed by atoms with Crippen molar-refractivity contribution < 1.29 is 8.78 Å². The second-order valence-corrected chi connectivity index (χ2v) is 6.95. The van der Waals surface area contributed by atoms with E-state index in [0.29, 0.717) is 11.5 Å². The van der Waals surface area contributed by atoms with Crippen molar-refractivity contribution in [2.24, 2.45) is 23.6 Å². The van der Waals surface area contributed by atoms with Gasteiger partial charge in [0.25, 0.3) is 0 Å². The second kappa shape index (κ2) is 5.70. The van der Waals surface area contributed by atoms with Crippen LogP contribution in [-0.2, 0) is 0 Å². The molecule has 0 spiro atoms. The minimum Gasteiger partial charge on any atom is -0.271 e. The average Bonchev–Trinajstić information content (AvgIpc) is 3.05. The Hall–Kier alpha value is -0.520. The Kier molecular flexibility index (Phi) is 4.11. The van der Waals surface area contributed by atoms with Crippen molar-refractivity contribution in [3.63, 3.8) is 0 Å². The summed E-state index contributed by atoms with van der Waals surface area (Å²) in [6.45, 7) is 0. The van der Waals surface area contributed by atoms with E-state index in [-0.39, 0.29) is 10.5 Å². The highest BCUT2D eigenvalue weighted by atomic mass is 79.9.